The minimum atomic E-state index is -0.201. The van der Waals surface area contributed by atoms with Gasteiger partial charge < -0.3 is 38.9 Å². The average molecular weight is 402 g/mol. The second kappa shape index (κ2) is 16.6. The van der Waals surface area contributed by atoms with Crippen LogP contribution in [0.2, 0.25) is 0 Å². The number of likely N-dealkylation sites (N-methyl/N-ethyl adjacent to an activating group) is 2. The second-order valence-electron chi connectivity index (χ2n) is 9.15. The zero-order valence-electron chi connectivity index (χ0n) is 17.9. The zero-order chi connectivity index (χ0) is 17.8. The summed E-state index contributed by atoms with van der Waals surface area (Å²) in [4.78, 5) is 0. The molecule has 25 heavy (non-hydrogen) atoms. The van der Waals surface area contributed by atoms with Crippen molar-refractivity contribution in [2.75, 3.05) is 54.9 Å². The number of hydrogen-bond acceptors (Lipinski definition) is 1. The summed E-state index contributed by atoms with van der Waals surface area (Å²) in [5.41, 5.74) is 0. The highest BCUT2D eigenvalue weighted by Crippen LogP contribution is 2.12. The Morgan fingerprint density at radius 3 is 1.44 bits per heavy atom. The van der Waals surface area contributed by atoms with Crippen molar-refractivity contribution in [2.45, 2.75) is 77.2 Å². The maximum atomic E-state index is 10.3. The SMILES string of the molecule is CCCCCCCCCCCC[N+](C)(C)CC(O)C[N+](C)(C)C.[Cl-].[Cl-]. The fourth-order valence-electron chi connectivity index (χ4n) is 3.38. The Balaban J connectivity index is -0.00000242. The van der Waals surface area contributed by atoms with Crippen LogP contribution < -0.4 is 24.8 Å². The minimum absolute atomic E-state index is 0. The van der Waals surface area contributed by atoms with Gasteiger partial charge in [0, 0.05) is 0 Å². The lowest BCUT2D eigenvalue weighted by Crippen LogP contribution is -3.00. The van der Waals surface area contributed by atoms with Crippen molar-refractivity contribution in [2.24, 2.45) is 0 Å². The third-order valence-corrected chi connectivity index (χ3v) is 4.58. The Kier molecular flexibility index (Phi) is 20.1. The molecule has 0 bridgehead atoms. The first-order valence-corrected chi connectivity index (χ1v) is 9.97. The Morgan fingerprint density at radius 2 is 1.04 bits per heavy atom. The summed E-state index contributed by atoms with van der Waals surface area (Å²) in [6.07, 6.45) is 13.7. The highest BCUT2D eigenvalue weighted by Gasteiger charge is 2.24. The van der Waals surface area contributed by atoms with Crippen molar-refractivity contribution in [1.29, 1.82) is 0 Å². The van der Waals surface area contributed by atoms with Gasteiger partial charge in [0.1, 0.15) is 13.1 Å². The minimum Gasteiger partial charge on any atom is -1.00 e. The lowest BCUT2D eigenvalue weighted by atomic mass is 10.1. The Hall–Kier alpha value is 0.460. The van der Waals surface area contributed by atoms with E-state index in [4.69, 9.17) is 0 Å². The van der Waals surface area contributed by atoms with Crippen molar-refractivity contribution in [1.82, 2.24) is 0 Å². The Morgan fingerprint density at radius 1 is 0.640 bits per heavy atom. The van der Waals surface area contributed by atoms with E-state index < -0.39 is 0 Å². The lowest BCUT2D eigenvalue weighted by Gasteiger charge is -2.34. The topological polar surface area (TPSA) is 20.2 Å². The first-order valence-electron chi connectivity index (χ1n) is 9.97. The van der Waals surface area contributed by atoms with Gasteiger partial charge in [0.05, 0.1) is 41.8 Å². The molecule has 0 saturated heterocycles. The number of rotatable bonds is 15. The van der Waals surface area contributed by atoms with Crippen molar-refractivity contribution in [3.8, 4) is 0 Å². The molecule has 0 aromatic heterocycles. The van der Waals surface area contributed by atoms with Gasteiger partial charge >= 0.3 is 0 Å². The highest BCUT2D eigenvalue weighted by molar-refractivity contribution is 4.53. The molecule has 1 unspecified atom stereocenters. The number of aliphatic hydroxyl groups excluding tert-OH is 1. The van der Waals surface area contributed by atoms with Crippen molar-refractivity contribution >= 4 is 0 Å². The third-order valence-electron chi connectivity index (χ3n) is 4.58. The van der Waals surface area contributed by atoms with Gasteiger partial charge in [0.25, 0.3) is 0 Å². The number of hydrogen-bond donors (Lipinski definition) is 1. The van der Waals surface area contributed by atoms with Crippen LogP contribution in [0.3, 0.4) is 0 Å². The van der Waals surface area contributed by atoms with Gasteiger partial charge in [-0.15, -0.1) is 0 Å². The molecule has 0 radical (unpaired) electrons. The predicted molar refractivity (Wildman–Crippen MR) is 103 cm³/mol. The van der Waals surface area contributed by atoms with E-state index in [1.807, 2.05) is 0 Å². The highest BCUT2D eigenvalue weighted by atomic mass is 35.5. The molecular weight excluding hydrogens is 355 g/mol. The van der Waals surface area contributed by atoms with E-state index >= 15 is 0 Å². The number of aliphatic hydroxyl groups is 1. The summed E-state index contributed by atoms with van der Waals surface area (Å²) in [7, 11) is 10.9. The van der Waals surface area contributed by atoms with Crippen LogP contribution in [0.25, 0.3) is 0 Å². The maximum Gasteiger partial charge on any atom is 0.152 e. The van der Waals surface area contributed by atoms with E-state index in [9.17, 15) is 5.11 Å². The first-order chi connectivity index (χ1) is 10.7. The Labute approximate surface area is 171 Å². The molecule has 0 rings (SSSR count). The second-order valence-corrected chi connectivity index (χ2v) is 9.15. The van der Waals surface area contributed by atoms with Gasteiger partial charge in [0.2, 0.25) is 0 Å². The maximum absolute atomic E-state index is 10.3. The van der Waals surface area contributed by atoms with Crippen molar-refractivity contribution in [3.05, 3.63) is 0 Å². The number of nitrogens with zero attached hydrogens (tertiary/aromatic N) is 2. The zero-order valence-corrected chi connectivity index (χ0v) is 19.4. The fraction of sp³-hybridized carbons (Fsp3) is 1.00. The molecule has 0 aliphatic rings. The van der Waals surface area contributed by atoms with Crippen LogP contribution in [0, 0.1) is 0 Å². The fourth-order valence-corrected chi connectivity index (χ4v) is 3.38. The quantitative estimate of drug-likeness (QED) is 0.250. The van der Waals surface area contributed by atoms with Crippen LogP contribution in [0.15, 0.2) is 0 Å². The molecule has 5 heteroatoms. The van der Waals surface area contributed by atoms with Gasteiger partial charge in [-0.3, -0.25) is 0 Å². The molecule has 0 spiro atoms. The largest absolute Gasteiger partial charge is 1.00 e. The van der Waals surface area contributed by atoms with E-state index in [0.29, 0.717) is 0 Å². The average Bonchev–Trinajstić information content (AvgIpc) is 2.37. The summed E-state index contributed by atoms with van der Waals surface area (Å²) in [5, 5.41) is 10.3. The molecular formula is C20H46Cl2N2O. The molecule has 0 saturated carbocycles. The first kappa shape index (κ1) is 30.2. The van der Waals surface area contributed by atoms with Crippen LogP contribution in [0.1, 0.15) is 71.1 Å². The molecule has 0 fully saturated rings. The summed E-state index contributed by atoms with van der Waals surface area (Å²) in [5.74, 6) is 0. The van der Waals surface area contributed by atoms with Gasteiger partial charge in [-0.25, -0.2) is 0 Å². The van der Waals surface area contributed by atoms with Crippen LogP contribution in [-0.2, 0) is 0 Å². The lowest BCUT2D eigenvalue weighted by molar-refractivity contribution is -0.907. The van der Waals surface area contributed by atoms with Gasteiger partial charge in [-0.2, -0.15) is 0 Å². The predicted octanol–water partition coefficient (Wildman–Crippen LogP) is -1.94. The number of halogens is 2. The monoisotopic (exact) mass is 400 g/mol. The smallest absolute Gasteiger partial charge is 0.152 e. The molecule has 0 aromatic carbocycles. The number of unbranched alkanes of at least 4 members (excludes halogenated alkanes) is 9. The molecule has 3 nitrogen and oxygen atoms in total. The van der Waals surface area contributed by atoms with Crippen molar-refractivity contribution < 1.29 is 38.9 Å². The summed E-state index contributed by atoms with van der Waals surface area (Å²) >= 11 is 0. The van der Waals surface area contributed by atoms with E-state index in [-0.39, 0.29) is 30.9 Å². The summed E-state index contributed by atoms with van der Waals surface area (Å²) < 4.78 is 1.78. The van der Waals surface area contributed by atoms with E-state index in [2.05, 4.69) is 42.2 Å². The van der Waals surface area contributed by atoms with Crippen LogP contribution in [0.5, 0.6) is 0 Å². The molecule has 0 amide bonds. The van der Waals surface area contributed by atoms with Gasteiger partial charge in [0.15, 0.2) is 6.10 Å². The standard InChI is InChI=1S/C20H46N2O.2ClH/c1-7-8-9-10-11-12-13-14-15-16-17-22(5,6)19-20(23)18-21(2,3)4;;/h20,23H,7-19H2,1-6H3;2*1H/q+2;;/p-2. The number of quaternary nitrogens is 2. The molecule has 0 aliphatic heterocycles. The molecule has 1 atom stereocenters. The van der Waals surface area contributed by atoms with E-state index in [1.54, 1.807) is 0 Å². The molecule has 156 valence electrons. The Bertz CT molecular complexity index is 281. The van der Waals surface area contributed by atoms with Gasteiger partial charge in [-0.1, -0.05) is 58.3 Å². The van der Waals surface area contributed by atoms with E-state index in [0.717, 1.165) is 22.1 Å². The summed E-state index contributed by atoms with van der Waals surface area (Å²) in [6.45, 7) is 5.17. The van der Waals surface area contributed by atoms with E-state index in [1.165, 1.54) is 70.8 Å². The van der Waals surface area contributed by atoms with Crippen LogP contribution in [-0.4, -0.2) is 75.0 Å². The van der Waals surface area contributed by atoms with Gasteiger partial charge in [-0.05, 0) is 12.8 Å². The van der Waals surface area contributed by atoms with Crippen molar-refractivity contribution in [3.63, 3.8) is 0 Å². The van der Waals surface area contributed by atoms with Crippen LogP contribution in [0.4, 0.5) is 0 Å². The molecule has 1 N–H and O–H groups in total. The summed E-state index contributed by atoms with van der Waals surface area (Å²) in [6, 6.07) is 0. The van der Waals surface area contributed by atoms with Crippen LogP contribution >= 0.6 is 0 Å². The molecule has 0 heterocycles. The normalized spacial score (nSPS) is 13.1. The third kappa shape index (κ3) is 22.4. The molecule has 0 aliphatic carbocycles. The molecule has 0 aromatic rings.